The first-order valence-electron chi connectivity index (χ1n) is 9.34. The molecule has 1 fully saturated rings. The van der Waals surface area contributed by atoms with Crippen LogP contribution in [-0.2, 0) is 11.2 Å². The molecule has 7 heteroatoms. The van der Waals surface area contributed by atoms with Gasteiger partial charge in [-0.3, -0.25) is 15.0 Å². The standard InChI is InChI=1S/C21H24BrN3O3/c22-18-14-17(21(27)25-11-8-16(9-12-25)20(26)24-23)6-7-19(18)28-13-10-15-4-2-1-3-5-15/h1-7,14,16H,8-13,23H2,(H,24,26). The molecule has 148 valence electrons. The predicted octanol–water partition coefficient (Wildman–Crippen LogP) is 2.91. The van der Waals surface area contributed by atoms with Crippen molar-refractivity contribution in [3.8, 4) is 5.75 Å². The lowest BCUT2D eigenvalue weighted by Crippen LogP contribution is -2.44. The second-order valence-electron chi connectivity index (χ2n) is 6.80. The van der Waals surface area contributed by atoms with Gasteiger partial charge in [-0.15, -0.1) is 0 Å². The lowest BCUT2D eigenvalue weighted by molar-refractivity contribution is -0.126. The summed E-state index contributed by atoms with van der Waals surface area (Å²) in [5, 5.41) is 0. The number of likely N-dealkylation sites (tertiary alicyclic amines) is 1. The zero-order chi connectivity index (χ0) is 19.9. The molecule has 1 aliphatic heterocycles. The molecule has 1 saturated heterocycles. The van der Waals surface area contributed by atoms with E-state index < -0.39 is 0 Å². The van der Waals surface area contributed by atoms with E-state index in [4.69, 9.17) is 10.6 Å². The third kappa shape index (κ3) is 5.11. The number of rotatable bonds is 6. The van der Waals surface area contributed by atoms with E-state index in [0.29, 0.717) is 43.9 Å². The van der Waals surface area contributed by atoms with Crippen LogP contribution >= 0.6 is 15.9 Å². The Bertz CT molecular complexity index is 821. The number of benzene rings is 2. The maximum Gasteiger partial charge on any atom is 0.253 e. The molecule has 3 N–H and O–H groups in total. The van der Waals surface area contributed by atoms with Crippen molar-refractivity contribution in [3.05, 3.63) is 64.1 Å². The molecule has 0 bridgehead atoms. The highest BCUT2D eigenvalue weighted by Gasteiger charge is 2.27. The minimum Gasteiger partial charge on any atom is -0.492 e. The summed E-state index contributed by atoms with van der Waals surface area (Å²) in [6, 6.07) is 15.5. The van der Waals surface area contributed by atoms with E-state index in [-0.39, 0.29) is 17.7 Å². The highest BCUT2D eigenvalue weighted by atomic mass is 79.9. The number of hydrogen-bond donors (Lipinski definition) is 2. The number of nitrogens with one attached hydrogen (secondary N) is 1. The van der Waals surface area contributed by atoms with E-state index >= 15 is 0 Å². The smallest absolute Gasteiger partial charge is 0.253 e. The third-order valence-corrected chi connectivity index (χ3v) is 5.58. The van der Waals surface area contributed by atoms with Gasteiger partial charge < -0.3 is 9.64 Å². The zero-order valence-electron chi connectivity index (χ0n) is 15.6. The van der Waals surface area contributed by atoms with Crippen LogP contribution in [0.3, 0.4) is 0 Å². The Morgan fingerprint density at radius 1 is 1.14 bits per heavy atom. The van der Waals surface area contributed by atoms with E-state index in [0.717, 1.165) is 10.9 Å². The van der Waals surface area contributed by atoms with Crippen molar-refractivity contribution in [2.24, 2.45) is 11.8 Å². The van der Waals surface area contributed by atoms with Crippen molar-refractivity contribution in [1.82, 2.24) is 10.3 Å². The summed E-state index contributed by atoms with van der Waals surface area (Å²) in [7, 11) is 0. The van der Waals surface area contributed by atoms with E-state index in [9.17, 15) is 9.59 Å². The van der Waals surface area contributed by atoms with Crippen molar-refractivity contribution in [1.29, 1.82) is 0 Å². The van der Waals surface area contributed by atoms with Crippen molar-refractivity contribution in [2.45, 2.75) is 19.3 Å². The molecule has 0 aliphatic carbocycles. The number of halogens is 1. The van der Waals surface area contributed by atoms with E-state index in [1.807, 2.05) is 24.3 Å². The van der Waals surface area contributed by atoms with Gasteiger partial charge in [0.15, 0.2) is 0 Å². The van der Waals surface area contributed by atoms with Crippen LogP contribution < -0.4 is 16.0 Å². The molecule has 0 spiro atoms. The summed E-state index contributed by atoms with van der Waals surface area (Å²) in [5.41, 5.74) is 4.01. The molecule has 3 rings (SSSR count). The molecule has 0 aromatic heterocycles. The number of ether oxygens (including phenoxy) is 1. The normalized spacial score (nSPS) is 14.6. The average molecular weight is 446 g/mol. The zero-order valence-corrected chi connectivity index (χ0v) is 17.2. The summed E-state index contributed by atoms with van der Waals surface area (Å²) >= 11 is 3.50. The highest BCUT2D eigenvalue weighted by molar-refractivity contribution is 9.10. The second kappa shape index (κ2) is 9.71. The molecule has 1 aliphatic rings. The van der Waals surface area contributed by atoms with Gasteiger partial charge >= 0.3 is 0 Å². The van der Waals surface area contributed by atoms with Crippen molar-refractivity contribution in [2.75, 3.05) is 19.7 Å². The van der Waals surface area contributed by atoms with Crippen LogP contribution in [-0.4, -0.2) is 36.4 Å². The van der Waals surface area contributed by atoms with Crippen LogP contribution in [0, 0.1) is 5.92 Å². The van der Waals surface area contributed by atoms with Crippen LogP contribution in [0.2, 0.25) is 0 Å². The number of hydrogen-bond acceptors (Lipinski definition) is 4. The first-order valence-corrected chi connectivity index (χ1v) is 10.1. The molecule has 2 aromatic carbocycles. The van der Waals surface area contributed by atoms with Gasteiger partial charge in [0.05, 0.1) is 11.1 Å². The summed E-state index contributed by atoms with van der Waals surface area (Å²) in [4.78, 5) is 26.1. The predicted molar refractivity (Wildman–Crippen MR) is 111 cm³/mol. The van der Waals surface area contributed by atoms with Gasteiger partial charge in [0.25, 0.3) is 5.91 Å². The molecule has 28 heavy (non-hydrogen) atoms. The molecule has 0 saturated carbocycles. The first-order chi connectivity index (χ1) is 13.6. The molecular weight excluding hydrogens is 422 g/mol. The molecule has 2 aromatic rings. The monoisotopic (exact) mass is 445 g/mol. The molecule has 1 heterocycles. The minimum atomic E-state index is -0.160. The summed E-state index contributed by atoms with van der Waals surface area (Å²) < 4.78 is 6.60. The summed E-state index contributed by atoms with van der Waals surface area (Å²) in [6.07, 6.45) is 2.06. The third-order valence-electron chi connectivity index (χ3n) is 4.97. The van der Waals surface area contributed by atoms with Crippen LogP contribution in [0.4, 0.5) is 0 Å². The number of carbonyl (C=O) groups is 2. The SMILES string of the molecule is NNC(=O)C1CCN(C(=O)c2ccc(OCCc3ccccc3)c(Br)c2)CC1. The van der Waals surface area contributed by atoms with E-state index in [1.54, 1.807) is 17.0 Å². The Morgan fingerprint density at radius 2 is 1.86 bits per heavy atom. The Kier molecular flexibility index (Phi) is 7.06. The molecule has 0 unspecified atom stereocenters. The topological polar surface area (TPSA) is 84.7 Å². The molecule has 0 radical (unpaired) electrons. The number of carbonyl (C=O) groups excluding carboxylic acids is 2. The Balaban J connectivity index is 1.54. The van der Waals surface area contributed by atoms with Gasteiger partial charge in [-0.2, -0.15) is 0 Å². The van der Waals surface area contributed by atoms with Gasteiger partial charge in [-0.05, 0) is 52.5 Å². The molecular formula is C21H24BrN3O3. The maximum absolute atomic E-state index is 12.7. The minimum absolute atomic E-state index is 0.0388. The fourth-order valence-electron chi connectivity index (χ4n) is 3.32. The Labute approximate surface area is 173 Å². The highest BCUT2D eigenvalue weighted by Crippen LogP contribution is 2.27. The lowest BCUT2D eigenvalue weighted by atomic mass is 9.95. The van der Waals surface area contributed by atoms with Crippen molar-refractivity contribution >= 4 is 27.7 Å². The quantitative estimate of drug-likeness (QED) is 0.406. The summed E-state index contributed by atoms with van der Waals surface area (Å²) in [5.74, 6) is 5.58. The largest absolute Gasteiger partial charge is 0.492 e. The molecule has 2 amide bonds. The number of nitrogens with zero attached hydrogens (tertiary/aromatic N) is 1. The van der Waals surface area contributed by atoms with Gasteiger partial charge in [-0.25, -0.2) is 5.84 Å². The Morgan fingerprint density at radius 3 is 2.50 bits per heavy atom. The van der Waals surface area contributed by atoms with Crippen LogP contribution in [0.1, 0.15) is 28.8 Å². The fraction of sp³-hybridized carbons (Fsp3) is 0.333. The van der Waals surface area contributed by atoms with E-state index in [2.05, 4.69) is 33.5 Å². The van der Waals surface area contributed by atoms with Crippen LogP contribution in [0.25, 0.3) is 0 Å². The second-order valence-corrected chi connectivity index (χ2v) is 7.66. The number of piperidine rings is 1. The van der Waals surface area contributed by atoms with Gasteiger partial charge in [0.2, 0.25) is 5.91 Å². The Hall–Kier alpha value is -2.38. The number of nitrogens with two attached hydrogens (primary N) is 1. The maximum atomic E-state index is 12.7. The van der Waals surface area contributed by atoms with Gasteiger partial charge in [0, 0.05) is 31.0 Å². The first kappa shape index (κ1) is 20.4. The number of hydrazine groups is 1. The number of amides is 2. The average Bonchev–Trinajstić information content (AvgIpc) is 2.74. The van der Waals surface area contributed by atoms with E-state index in [1.165, 1.54) is 5.56 Å². The fourth-order valence-corrected chi connectivity index (χ4v) is 3.81. The molecule has 6 nitrogen and oxygen atoms in total. The molecule has 0 atom stereocenters. The van der Waals surface area contributed by atoms with Crippen molar-refractivity contribution in [3.63, 3.8) is 0 Å². The van der Waals surface area contributed by atoms with Crippen molar-refractivity contribution < 1.29 is 14.3 Å². The lowest BCUT2D eigenvalue weighted by Gasteiger charge is -2.31. The summed E-state index contributed by atoms with van der Waals surface area (Å²) in [6.45, 7) is 1.65. The van der Waals surface area contributed by atoms with Gasteiger partial charge in [0.1, 0.15) is 5.75 Å². The van der Waals surface area contributed by atoms with Crippen LogP contribution in [0.5, 0.6) is 5.75 Å². The van der Waals surface area contributed by atoms with Crippen LogP contribution in [0.15, 0.2) is 53.0 Å². The van der Waals surface area contributed by atoms with Gasteiger partial charge in [-0.1, -0.05) is 30.3 Å².